The molecule has 0 spiro atoms. The van der Waals surface area contributed by atoms with Gasteiger partial charge in [0, 0.05) is 86.5 Å². The van der Waals surface area contributed by atoms with Crippen molar-refractivity contribution in [3.63, 3.8) is 0 Å². The van der Waals surface area contributed by atoms with Gasteiger partial charge >= 0.3 is 17.8 Å². The molecule has 1 atom stereocenters. The van der Waals surface area contributed by atoms with Crippen molar-refractivity contribution in [2.75, 3.05) is 67.1 Å². The van der Waals surface area contributed by atoms with E-state index in [-0.39, 0.29) is 42.0 Å². The van der Waals surface area contributed by atoms with Crippen molar-refractivity contribution in [2.24, 2.45) is 5.92 Å². The van der Waals surface area contributed by atoms with Gasteiger partial charge in [-0.1, -0.05) is 50.2 Å². The van der Waals surface area contributed by atoms with Crippen LogP contribution in [0.3, 0.4) is 0 Å². The quantitative estimate of drug-likeness (QED) is 0.126. The number of halogens is 1. The summed E-state index contributed by atoms with van der Waals surface area (Å²) in [7, 11) is 0. The van der Waals surface area contributed by atoms with E-state index >= 15 is 0 Å². The first kappa shape index (κ1) is 42.6. The zero-order valence-corrected chi connectivity index (χ0v) is 36.9. The molecule has 0 unspecified atom stereocenters. The van der Waals surface area contributed by atoms with Crippen molar-refractivity contribution in [3.05, 3.63) is 102 Å². The molecular formula is C48H54FN11O4. The van der Waals surface area contributed by atoms with Crippen LogP contribution in [-0.2, 0) is 10.2 Å². The van der Waals surface area contributed by atoms with Crippen molar-refractivity contribution in [1.29, 1.82) is 0 Å². The summed E-state index contributed by atoms with van der Waals surface area (Å²) in [4.78, 5) is 63.1. The van der Waals surface area contributed by atoms with E-state index in [1.807, 2.05) is 46.8 Å². The Morgan fingerprint density at radius 3 is 2.34 bits per heavy atom. The van der Waals surface area contributed by atoms with Crippen molar-refractivity contribution in [3.8, 4) is 22.5 Å². The fourth-order valence-electron chi connectivity index (χ4n) is 9.12. The first-order valence-electron chi connectivity index (χ1n) is 22.1. The Balaban J connectivity index is 0.787. The fraction of sp³-hybridized carbons (Fsp3) is 0.396. The van der Waals surface area contributed by atoms with Crippen LogP contribution in [0.5, 0.6) is 0 Å². The number of rotatable bonds is 10. The summed E-state index contributed by atoms with van der Waals surface area (Å²) in [6.07, 6.45) is 3.77. The molecule has 16 heteroatoms. The van der Waals surface area contributed by atoms with Gasteiger partial charge in [0.2, 0.25) is 5.91 Å². The Morgan fingerprint density at radius 2 is 1.64 bits per heavy atom. The third-order valence-corrected chi connectivity index (χ3v) is 12.7. The van der Waals surface area contributed by atoms with Gasteiger partial charge in [0.1, 0.15) is 17.8 Å². The molecule has 6 aromatic rings. The minimum atomic E-state index is -0.460. The summed E-state index contributed by atoms with van der Waals surface area (Å²) < 4.78 is 19.7. The second-order valence-electron chi connectivity index (χ2n) is 18.3. The van der Waals surface area contributed by atoms with E-state index in [9.17, 15) is 18.8 Å². The Morgan fingerprint density at radius 1 is 0.891 bits per heavy atom. The Hall–Kier alpha value is -6.68. The maximum Gasteiger partial charge on any atom is 0.328 e. The summed E-state index contributed by atoms with van der Waals surface area (Å²) in [6, 6.07) is 20.7. The highest BCUT2D eigenvalue weighted by Crippen LogP contribution is 2.36. The molecule has 0 bridgehead atoms. The Bertz CT molecular complexity index is 2690. The third kappa shape index (κ3) is 8.91. The van der Waals surface area contributed by atoms with Crippen LogP contribution in [0.25, 0.3) is 33.5 Å². The van der Waals surface area contributed by atoms with E-state index in [0.29, 0.717) is 23.1 Å². The van der Waals surface area contributed by atoms with Gasteiger partial charge in [0.25, 0.3) is 0 Å². The Kier molecular flexibility index (Phi) is 11.6. The number of piperazine rings is 1. The van der Waals surface area contributed by atoms with E-state index in [1.165, 1.54) is 17.8 Å². The summed E-state index contributed by atoms with van der Waals surface area (Å²) in [5.41, 5.74) is 8.74. The van der Waals surface area contributed by atoms with Gasteiger partial charge in [-0.3, -0.25) is 24.7 Å². The lowest BCUT2D eigenvalue weighted by Gasteiger charge is -2.41. The number of imide groups is 1. The number of carbonyl (C=O) groups is 3. The minimum Gasteiger partial charge on any atom is -0.370 e. The van der Waals surface area contributed by atoms with Gasteiger partial charge in [-0.05, 0) is 91.8 Å². The number of nitrogens with one attached hydrogen (secondary N) is 3. The average Bonchev–Trinajstić information content (AvgIpc) is 3.97. The molecule has 3 fully saturated rings. The van der Waals surface area contributed by atoms with Gasteiger partial charge in [-0.2, -0.15) is 4.98 Å². The summed E-state index contributed by atoms with van der Waals surface area (Å²) in [6.45, 7) is 16.6. The van der Waals surface area contributed by atoms with Crippen molar-refractivity contribution in [1.82, 2.24) is 40.6 Å². The maximum atomic E-state index is 14.5. The third-order valence-electron chi connectivity index (χ3n) is 12.7. The summed E-state index contributed by atoms with van der Waals surface area (Å²) >= 11 is 0. The molecule has 0 radical (unpaired) electrons. The van der Waals surface area contributed by atoms with Crippen molar-refractivity contribution in [2.45, 2.75) is 65.3 Å². The van der Waals surface area contributed by atoms with Gasteiger partial charge < -0.3 is 24.6 Å². The number of aryl methyl sites for hydroxylation is 1. The van der Waals surface area contributed by atoms with Crippen LogP contribution in [0.1, 0.15) is 80.6 Å². The van der Waals surface area contributed by atoms with Gasteiger partial charge in [0.05, 0.1) is 23.1 Å². The molecule has 64 heavy (non-hydrogen) atoms. The lowest BCUT2D eigenvalue weighted by molar-refractivity contribution is -0.120. The van der Waals surface area contributed by atoms with Crippen LogP contribution in [0, 0.1) is 18.7 Å². The number of piperidine rings is 1. The number of anilines is 3. The molecule has 4 amide bonds. The Labute approximate surface area is 371 Å². The number of nitrogens with zero attached hydrogens (tertiary/aromatic N) is 8. The molecule has 0 aliphatic carbocycles. The number of aromatic amines is 1. The highest BCUT2D eigenvalue weighted by Gasteiger charge is 2.31. The van der Waals surface area contributed by atoms with E-state index in [0.717, 1.165) is 103 Å². The molecule has 9 rings (SSSR count). The fourth-order valence-corrected chi connectivity index (χ4v) is 9.12. The van der Waals surface area contributed by atoms with Crippen LogP contribution < -0.4 is 25.3 Å². The molecular weight excluding hydrogens is 814 g/mol. The van der Waals surface area contributed by atoms with Crippen LogP contribution >= 0.6 is 0 Å². The number of hydrogen-bond acceptors (Lipinski definition) is 11. The highest BCUT2D eigenvalue weighted by molar-refractivity contribution is 6.07. The number of aromatic nitrogens is 5. The lowest BCUT2D eigenvalue weighted by atomic mass is 9.95. The SMILES string of the molecule is Cc1cc(-c2ncnc3[nH]c(-c4ccc(N5CCN(CC6CCN(c7cc(F)ccc7N7CCC(=O)NC7=O)CC6)CC5)cc4)cc23)ccc1[C@@H](C)NC(=O)c1nc(C(C)(C)C)no1. The molecule has 0 saturated carbocycles. The van der Waals surface area contributed by atoms with Gasteiger partial charge in [-0.15, -0.1) is 0 Å². The number of urea groups is 1. The first-order valence-corrected chi connectivity index (χ1v) is 22.1. The van der Waals surface area contributed by atoms with Gasteiger partial charge in [-0.25, -0.2) is 19.2 Å². The molecule has 15 nitrogen and oxygen atoms in total. The first-order chi connectivity index (χ1) is 30.8. The summed E-state index contributed by atoms with van der Waals surface area (Å²) in [5.74, 6) is -0.0794. The minimum absolute atomic E-state index is 0.0539. The zero-order chi connectivity index (χ0) is 44.7. The predicted octanol–water partition coefficient (Wildman–Crippen LogP) is 7.40. The highest BCUT2D eigenvalue weighted by atomic mass is 19.1. The van der Waals surface area contributed by atoms with Crippen LogP contribution in [0.15, 0.2) is 77.6 Å². The molecule has 332 valence electrons. The average molecular weight is 868 g/mol. The van der Waals surface area contributed by atoms with Crippen molar-refractivity contribution >= 4 is 45.9 Å². The number of H-pyrrole nitrogens is 1. The number of amides is 4. The monoisotopic (exact) mass is 867 g/mol. The second-order valence-corrected chi connectivity index (χ2v) is 18.3. The van der Waals surface area contributed by atoms with Crippen LogP contribution in [0.4, 0.5) is 26.2 Å². The number of benzene rings is 3. The number of hydrogen-bond donors (Lipinski definition) is 3. The molecule has 3 aromatic carbocycles. The van der Waals surface area contributed by atoms with E-state index in [4.69, 9.17) is 9.51 Å². The zero-order valence-electron chi connectivity index (χ0n) is 36.9. The molecule has 6 heterocycles. The second kappa shape index (κ2) is 17.5. The molecule has 3 aliphatic rings. The number of carbonyl (C=O) groups excluding carboxylic acids is 3. The molecule has 3 aromatic heterocycles. The van der Waals surface area contributed by atoms with E-state index < -0.39 is 11.9 Å². The van der Waals surface area contributed by atoms with Gasteiger partial charge in [0.15, 0.2) is 5.82 Å². The van der Waals surface area contributed by atoms with E-state index in [1.54, 1.807) is 17.3 Å². The van der Waals surface area contributed by atoms with E-state index in [2.05, 4.69) is 81.8 Å². The van der Waals surface area contributed by atoms with Crippen LogP contribution in [0.2, 0.25) is 0 Å². The molecule has 3 aliphatic heterocycles. The maximum absolute atomic E-state index is 14.5. The molecule has 3 saturated heterocycles. The summed E-state index contributed by atoms with van der Waals surface area (Å²) in [5, 5.41) is 10.3. The standard InChI is InChI=1S/C48H54FN11O4/c1-29-24-33(8-12-36(29)30(2)52-44(62)45-55-46(56-64-45)48(3,4)5)42-37-26-38(53-43(37)51-28-50-42)32-6-10-35(11-7-32)58-22-20-57(21-23-58)27-31-14-17-59(18-15-31)40-25-34(49)9-13-39(40)60-19-16-41(61)54-47(60)63/h6-13,24-26,28,30-31H,14-23,27H2,1-5H3,(H,52,62)(H,50,51,53)(H,54,61,63)/t30-/m1/s1. The lowest BCUT2D eigenvalue weighted by Crippen LogP contribution is -2.50. The molecule has 3 N–H and O–H groups in total. The van der Waals surface area contributed by atoms with Crippen LogP contribution in [-0.4, -0.2) is 100 Å². The smallest absolute Gasteiger partial charge is 0.328 e. The topological polar surface area (TPSA) is 169 Å². The largest absolute Gasteiger partial charge is 0.370 e. The predicted molar refractivity (Wildman–Crippen MR) is 244 cm³/mol. The van der Waals surface area contributed by atoms with Crippen molar-refractivity contribution < 1.29 is 23.3 Å². The number of fused-ring (bicyclic) bond motifs is 1. The normalized spacial score (nSPS) is 17.2.